The Hall–Kier alpha value is -0.120. The van der Waals surface area contributed by atoms with E-state index in [1.54, 1.807) is 0 Å². The molecule has 1 fully saturated rings. The van der Waals surface area contributed by atoms with E-state index in [1.807, 2.05) is 0 Å². The molecule has 1 aliphatic heterocycles. The summed E-state index contributed by atoms with van der Waals surface area (Å²) in [5.41, 5.74) is 1.12. The zero-order valence-corrected chi connectivity index (χ0v) is 10.8. The van der Waals surface area contributed by atoms with E-state index in [-0.39, 0.29) is 0 Å². The van der Waals surface area contributed by atoms with E-state index in [4.69, 9.17) is 11.6 Å². The highest BCUT2D eigenvalue weighted by Crippen LogP contribution is 2.23. The molecule has 0 radical (unpaired) electrons. The number of aromatic nitrogens is 1. The number of thiazole rings is 1. The van der Waals surface area contributed by atoms with Gasteiger partial charge in [-0.1, -0.05) is 25.4 Å². The Labute approximate surface area is 100 Å². The molecule has 0 aromatic carbocycles. The summed E-state index contributed by atoms with van der Waals surface area (Å²) in [6, 6.07) is 0. The van der Waals surface area contributed by atoms with Crippen molar-refractivity contribution >= 4 is 22.9 Å². The molecule has 2 heterocycles. The maximum Gasteiger partial charge on any atom is 0.183 e. The number of halogens is 1. The Morgan fingerprint density at radius 3 is 2.67 bits per heavy atom. The van der Waals surface area contributed by atoms with Gasteiger partial charge in [-0.05, 0) is 18.3 Å². The smallest absolute Gasteiger partial charge is 0.183 e. The van der Waals surface area contributed by atoms with Gasteiger partial charge in [-0.2, -0.15) is 0 Å². The second kappa shape index (κ2) is 4.81. The minimum atomic E-state index is 0.656. The molecule has 84 valence electrons. The SMILES string of the molecule is CC1CC(C)CN(Cc2csc(Cl)n2)C1. The van der Waals surface area contributed by atoms with E-state index in [0.29, 0.717) is 4.47 Å². The lowest BCUT2D eigenvalue weighted by Gasteiger charge is -2.34. The Kier molecular flexibility index (Phi) is 3.65. The maximum atomic E-state index is 5.82. The molecule has 2 atom stereocenters. The van der Waals surface area contributed by atoms with Crippen molar-refractivity contribution in [2.24, 2.45) is 11.8 Å². The number of rotatable bonds is 2. The first-order valence-corrected chi connectivity index (χ1v) is 6.71. The van der Waals surface area contributed by atoms with Gasteiger partial charge >= 0.3 is 0 Å². The Morgan fingerprint density at radius 2 is 2.13 bits per heavy atom. The molecule has 1 aromatic rings. The Bertz CT molecular complexity index is 316. The zero-order chi connectivity index (χ0) is 10.8. The minimum Gasteiger partial charge on any atom is -0.297 e. The van der Waals surface area contributed by atoms with Crippen LogP contribution in [-0.4, -0.2) is 23.0 Å². The number of likely N-dealkylation sites (tertiary alicyclic amines) is 1. The third kappa shape index (κ3) is 3.16. The van der Waals surface area contributed by atoms with E-state index >= 15 is 0 Å². The summed E-state index contributed by atoms with van der Waals surface area (Å²) in [7, 11) is 0. The molecule has 2 rings (SSSR count). The summed E-state index contributed by atoms with van der Waals surface area (Å²) in [6.07, 6.45) is 1.36. The quantitative estimate of drug-likeness (QED) is 0.794. The van der Waals surface area contributed by atoms with Crippen molar-refractivity contribution in [1.82, 2.24) is 9.88 Å². The highest BCUT2D eigenvalue weighted by Gasteiger charge is 2.22. The minimum absolute atomic E-state index is 0.656. The molecule has 0 amide bonds. The predicted molar refractivity (Wildman–Crippen MR) is 65.3 cm³/mol. The molecule has 2 unspecified atom stereocenters. The van der Waals surface area contributed by atoms with Crippen molar-refractivity contribution < 1.29 is 0 Å². The van der Waals surface area contributed by atoms with E-state index in [0.717, 1.165) is 24.1 Å². The molecular weight excluding hydrogens is 228 g/mol. The van der Waals surface area contributed by atoms with E-state index in [1.165, 1.54) is 30.8 Å². The van der Waals surface area contributed by atoms with Gasteiger partial charge in [0.15, 0.2) is 4.47 Å². The summed E-state index contributed by atoms with van der Waals surface area (Å²) in [4.78, 5) is 6.79. The van der Waals surface area contributed by atoms with Gasteiger partial charge < -0.3 is 0 Å². The van der Waals surface area contributed by atoms with Crippen LogP contribution in [0.5, 0.6) is 0 Å². The van der Waals surface area contributed by atoms with Crippen LogP contribution in [-0.2, 0) is 6.54 Å². The van der Waals surface area contributed by atoms with Gasteiger partial charge in [-0.15, -0.1) is 11.3 Å². The van der Waals surface area contributed by atoms with Gasteiger partial charge in [0.1, 0.15) is 0 Å². The van der Waals surface area contributed by atoms with Gasteiger partial charge in [0.25, 0.3) is 0 Å². The van der Waals surface area contributed by atoms with Crippen LogP contribution in [0.25, 0.3) is 0 Å². The number of hydrogen-bond acceptors (Lipinski definition) is 3. The van der Waals surface area contributed by atoms with E-state index in [9.17, 15) is 0 Å². The van der Waals surface area contributed by atoms with Crippen LogP contribution >= 0.6 is 22.9 Å². The molecule has 0 saturated carbocycles. The number of nitrogens with zero attached hydrogens (tertiary/aromatic N) is 2. The monoisotopic (exact) mass is 244 g/mol. The molecule has 0 aliphatic carbocycles. The lowest BCUT2D eigenvalue weighted by atomic mass is 9.92. The molecule has 1 aromatic heterocycles. The van der Waals surface area contributed by atoms with Gasteiger partial charge in [0.05, 0.1) is 5.69 Å². The molecule has 0 bridgehead atoms. The number of piperidine rings is 1. The molecule has 0 N–H and O–H groups in total. The van der Waals surface area contributed by atoms with Crippen LogP contribution < -0.4 is 0 Å². The maximum absolute atomic E-state index is 5.82. The zero-order valence-electron chi connectivity index (χ0n) is 9.24. The predicted octanol–water partition coefficient (Wildman–Crippen LogP) is 3.27. The van der Waals surface area contributed by atoms with Crippen LogP contribution in [0.15, 0.2) is 5.38 Å². The second-order valence-corrected chi connectivity index (χ2v) is 6.17. The van der Waals surface area contributed by atoms with E-state index in [2.05, 4.69) is 29.1 Å². The molecule has 4 heteroatoms. The average Bonchev–Trinajstić information content (AvgIpc) is 2.49. The first kappa shape index (κ1) is 11.4. The van der Waals surface area contributed by atoms with Crippen LogP contribution in [0.1, 0.15) is 26.0 Å². The Morgan fingerprint density at radius 1 is 1.47 bits per heavy atom. The van der Waals surface area contributed by atoms with Crippen molar-refractivity contribution in [3.05, 3.63) is 15.5 Å². The average molecular weight is 245 g/mol. The number of hydrogen-bond donors (Lipinski definition) is 0. The highest BCUT2D eigenvalue weighted by molar-refractivity contribution is 7.13. The van der Waals surface area contributed by atoms with Crippen molar-refractivity contribution in [3.8, 4) is 0 Å². The lowest BCUT2D eigenvalue weighted by molar-refractivity contribution is 0.133. The normalized spacial score (nSPS) is 28.2. The fourth-order valence-corrected chi connectivity index (χ4v) is 3.28. The highest BCUT2D eigenvalue weighted by atomic mass is 35.5. The summed E-state index contributed by atoms with van der Waals surface area (Å²) < 4.78 is 0.656. The summed E-state index contributed by atoms with van der Waals surface area (Å²) in [5, 5.41) is 2.06. The van der Waals surface area contributed by atoms with Gasteiger partial charge in [0, 0.05) is 25.0 Å². The van der Waals surface area contributed by atoms with Crippen LogP contribution in [0.4, 0.5) is 0 Å². The van der Waals surface area contributed by atoms with Crippen molar-refractivity contribution in [1.29, 1.82) is 0 Å². The molecule has 2 nitrogen and oxygen atoms in total. The van der Waals surface area contributed by atoms with Crippen molar-refractivity contribution in [2.45, 2.75) is 26.8 Å². The topological polar surface area (TPSA) is 16.1 Å². The molecule has 1 aliphatic rings. The van der Waals surface area contributed by atoms with Crippen LogP contribution in [0, 0.1) is 11.8 Å². The first-order valence-electron chi connectivity index (χ1n) is 5.45. The standard InChI is InChI=1S/C11H17ClN2S/c1-8-3-9(2)5-14(4-8)6-10-7-15-11(12)13-10/h7-9H,3-6H2,1-2H3. The van der Waals surface area contributed by atoms with Crippen molar-refractivity contribution in [2.75, 3.05) is 13.1 Å². The van der Waals surface area contributed by atoms with Gasteiger partial charge in [-0.3, -0.25) is 4.90 Å². The van der Waals surface area contributed by atoms with Gasteiger partial charge in [0.2, 0.25) is 0 Å². The molecule has 1 saturated heterocycles. The molecular formula is C11H17ClN2S. The summed E-state index contributed by atoms with van der Waals surface area (Å²) in [5.74, 6) is 1.62. The third-order valence-corrected chi connectivity index (χ3v) is 3.88. The lowest BCUT2D eigenvalue weighted by Crippen LogP contribution is -2.38. The Balaban J connectivity index is 1.94. The summed E-state index contributed by atoms with van der Waals surface area (Å²) in [6.45, 7) is 8.00. The van der Waals surface area contributed by atoms with Crippen LogP contribution in [0.2, 0.25) is 4.47 Å². The first-order chi connectivity index (χ1) is 7.13. The fraction of sp³-hybridized carbons (Fsp3) is 0.727. The van der Waals surface area contributed by atoms with E-state index < -0.39 is 0 Å². The molecule has 15 heavy (non-hydrogen) atoms. The second-order valence-electron chi connectivity index (χ2n) is 4.73. The van der Waals surface area contributed by atoms with Crippen molar-refractivity contribution in [3.63, 3.8) is 0 Å². The fourth-order valence-electron chi connectivity index (χ4n) is 2.51. The van der Waals surface area contributed by atoms with Gasteiger partial charge in [-0.25, -0.2) is 4.98 Å². The molecule has 0 spiro atoms. The summed E-state index contributed by atoms with van der Waals surface area (Å²) >= 11 is 7.35. The van der Waals surface area contributed by atoms with Crippen LogP contribution in [0.3, 0.4) is 0 Å². The third-order valence-electron chi connectivity index (χ3n) is 2.85. The largest absolute Gasteiger partial charge is 0.297 e.